The van der Waals surface area contributed by atoms with Crippen LogP contribution in [0.4, 0.5) is 5.69 Å². The van der Waals surface area contributed by atoms with Crippen LogP contribution in [-0.2, 0) is 16.1 Å². The minimum Gasteiger partial charge on any atom is -0.452 e. The van der Waals surface area contributed by atoms with Crippen molar-refractivity contribution < 1.29 is 14.3 Å². The highest BCUT2D eigenvalue weighted by Gasteiger charge is 2.16. The zero-order valence-electron chi connectivity index (χ0n) is 12.7. The van der Waals surface area contributed by atoms with Crippen LogP contribution in [0.25, 0.3) is 0 Å². The van der Waals surface area contributed by atoms with Crippen molar-refractivity contribution in [1.82, 2.24) is 4.90 Å². The van der Waals surface area contributed by atoms with Gasteiger partial charge in [-0.2, -0.15) is 0 Å². The van der Waals surface area contributed by atoms with Gasteiger partial charge in [-0.15, -0.1) is 0 Å². The highest BCUT2D eigenvalue weighted by atomic mass is 35.5. The van der Waals surface area contributed by atoms with Crippen molar-refractivity contribution in [3.8, 4) is 0 Å². The topological polar surface area (TPSA) is 72.6 Å². The number of carbonyl (C=O) groups is 2. The molecule has 0 aliphatic carbocycles. The number of hydrogen-bond acceptors (Lipinski definition) is 4. The molecule has 0 saturated heterocycles. The van der Waals surface area contributed by atoms with E-state index in [1.54, 1.807) is 13.1 Å². The predicted molar refractivity (Wildman–Crippen MR) is 89.1 cm³/mol. The lowest BCUT2D eigenvalue weighted by atomic mass is 10.2. The third-order valence-electron chi connectivity index (χ3n) is 3.25. The van der Waals surface area contributed by atoms with Crippen molar-refractivity contribution in [2.75, 3.05) is 19.4 Å². The van der Waals surface area contributed by atoms with Crippen LogP contribution in [0.3, 0.4) is 0 Å². The number of rotatable bonds is 5. The molecule has 0 aliphatic rings. The molecule has 0 heterocycles. The number of amides is 1. The standard InChI is InChI=1S/C17H17ClN2O3/c1-20(10-12-5-3-2-4-6-12)16(21)11-23-17(22)14-9-13(18)7-8-15(14)19/h2-9H,10-11,19H2,1H3. The Morgan fingerprint density at radius 1 is 1.17 bits per heavy atom. The molecule has 6 heteroatoms. The molecule has 23 heavy (non-hydrogen) atoms. The summed E-state index contributed by atoms with van der Waals surface area (Å²) in [5, 5.41) is 0.374. The molecule has 0 aromatic heterocycles. The number of carbonyl (C=O) groups excluding carboxylic acids is 2. The first-order valence-electron chi connectivity index (χ1n) is 6.97. The Hall–Kier alpha value is -2.53. The molecular weight excluding hydrogens is 316 g/mol. The van der Waals surface area contributed by atoms with E-state index < -0.39 is 5.97 Å². The van der Waals surface area contributed by atoms with E-state index in [1.165, 1.54) is 17.0 Å². The Morgan fingerprint density at radius 3 is 2.57 bits per heavy atom. The fourth-order valence-electron chi connectivity index (χ4n) is 1.97. The Bertz CT molecular complexity index is 704. The molecule has 2 rings (SSSR count). The third kappa shape index (κ3) is 4.72. The van der Waals surface area contributed by atoms with E-state index in [4.69, 9.17) is 22.1 Å². The molecule has 1 amide bonds. The highest BCUT2D eigenvalue weighted by molar-refractivity contribution is 6.31. The van der Waals surface area contributed by atoms with Crippen LogP contribution < -0.4 is 5.73 Å². The summed E-state index contributed by atoms with van der Waals surface area (Å²) in [6.07, 6.45) is 0. The molecule has 0 atom stereocenters. The Labute approximate surface area is 139 Å². The molecular formula is C17H17ClN2O3. The summed E-state index contributed by atoms with van der Waals surface area (Å²) in [6.45, 7) is 0.0879. The van der Waals surface area contributed by atoms with Crippen molar-refractivity contribution in [2.24, 2.45) is 0 Å². The van der Waals surface area contributed by atoms with Crippen LogP contribution in [0.1, 0.15) is 15.9 Å². The maximum atomic E-state index is 12.0. The van der Waals surface area contributed by atoms with Crippen molar-refractivity contribution in [2.45, 2.75) is 6.54 Å². The average molecular weight is 333 g/mol. The van der Waals surface area contributed by atoms with Crippen LogP contribution in [0.5, 0.6) is 0 Å². The van der Waals surface area contributed by atoms with Crippen molar-refractivity contribution in [1.29, 1.82) is 0 Å². The van der Waals surface area contributed by atoms with Gasteiger partial charge in [0.05, 0.1) is 5.56 Å². The second-order valence-corrected chi connectivity index (χ2v) is 5.48. The molecule has 0 radical (unpaired) electrons. The quantitative estimate of drug-likeness (QED) is 0.675. The lowest BCUT2D eigenvalue weighted by Crippen LogP contribution is -2.30. The Morgan fingerprint density at radius 2 is 1.87 bits per heavy atom. The second-order valence-electron chi connectivity index (χ2n) is 5.04. The van der Waals surface area contributed by atoms with Gasteiger partial charge in [-0.05, 0) is 23.8 Å². The van der Waals surface area contributed by atoms with E-state index in [9.17, 15) is 9.59 Å². The number of nitrogen functional groups attached to an aromatic ring is 1. The van der Waals surface area contributed by atoms with Crippen LogP contribution in [0.2, 0.25) is 5.02 Å². The molecule has 0 bridgehead atoms. The molecule has 0 spiro atoms. The highest BCUT2D eigenvalue weighted by Crippen LogP contribution is 2.18. The van der Waals surface area contributed by atoms with E-state index in [0.717, 1.165) is 5.56 Å². The van der Waals surface area contributed by atoms with E-state index >= 15 is 0 Å². The van der Waals surface area contributed by atoms with Crippen LogP contribution in [0.15, 0.2) is 48.5 Å². The maximum absolute atomic E-state index is 12.0. The van der Waals surface area contributed by atoms with Crippen LogP contribution in [-0.4, -0.2) is 30.4 Å². The third-order valence-corrected chi connectivity index (χ3v) is 3.49. The largest absolute Gasteiger partial charge is 0.452 e. The Balaban J connectivity index is 1.90. The van der Waals surface area contributed by atoms with E-state index in [1.807, 2.05) is 30.3 Å². The lowest BCUT2D eigenvalue weighted by molar-refractivity contribution is -0.133. The van der Waals surface area contributed by atoms with E-state index in [2.05, 4.69) is 0 Å². The smallest absolute Gasteiger partial charge is 0.340 e. The number of ether oxygens (including phenoxy) is 1. The molecule has 0 saturated carbocycles. The van der Waals surface area contributed by atoms with Crippen LogP contribution >= 0.6 is 11.6 Å². The van der Waals surface area contributed by atoms with Gasteiger partial charge in [-0.1, -0.05) is 41.9 Å². The fraction of sp³-hybridized carbons (Fsp3) is 0.176. The number of likely N-dealkylation sites (N-methyl/N-ethyl adjacent to an activating group) is 1. The summed E-state index contributed by atoms with van der Waals surface area (Å²) in [7, 11) is 1.65. The summed E-state index contributed by atoms with van der Waals surface area (Å²) < 4.78 is 5.02. The van der Waals surface area contributed by atoms with Crippen molar-refractivity contribution in [3.05, 3.63) is 64.7 Å². The first kappa shape index (κ1) is 16.8. The Kier molecular flexibility index (Phi) is 5.60. The number of nitrogens with two attached hydrogens (primary N) is 1. The second kappa shape index (κ2) is 7.65. The van der Waals surface area contributed by atoms with Gasteiger partial charge < -0.3 is 15.4 Å². The number of anilines is 1. The molecule has 2 aromatic carbocycles. The summed E-state index contributed by atoms with van der Waals surface area (Å²) in [5.41, 5.74) is 7.10. The van der Waals surface area contributed by atoms with Crippen molar-refractivity contribution >= 4 is 29.2 Å². The number of halogens is 1. The molecule has 0 fully saturated rings. The number of esters is 1. The van der Waals surface area contributed by atoms with E-state index in [0.29, 0.717) is 11.6 Å². The van der Waals surface area contributed by atoms with Gasteiger partial charge in [-0.25, -0.2) is 4.79 Å². The van der Waals surface area contributed by atoms with Gasteiger partial charge in [0.1, 0.15) is 0 Å². The summed E-state index contributed by atoms with van der Waals surface area (Å²) in [6, 6.07) is 14.0. The first-order chi connectivity index (χ1) is 11.0. The number of nitrogens with zero attached hydrogens (tertiary/aromatic N) is 1. The number of hydrogen-bond donors (Lipinski definition) is 1. The van der Waals surface area contributed by atoms with Gasteiger partial charge >= 0.3 is 5.97 Å². The molecule has 0 aliphatic heterocycles. The van der Waals surface area contributed by atoms with Gasteiger partial charge in [0.15, 0.2) is 6.61 Å². The van der Waals surface area contributed by atoms with E-state index in [-0.39, 0.29) is 23.8 Å². The zero-order chi connectivity index (χ0) is 16.8. The first-order valence-corrected chi connectivity index (χ1v) is 7.35. The van der Waals surface area contributed by atoms with Gasteiger partial charge in [0.25, 0.3) is 5.91 Å². The minimum absolute atomic E-state index is 0.149. The van der Waals surface area contributed by atoms with Gasteiger partial charge in [0.2, 0.25) is 0 Å². The maximum Gasteiger partial charge on any atom is 0.340 e. The number of benzene rings is 2. The molecule has 2 N–H and O–H groups in total. The van der Waals surface area contributed by atoms with Gasteiger partial charge in [-0.3, -0.25) is 4.79 Å². The molecule has 120 valence electrons. The fourth-order valence-corrected chi connectivity index (χ4v) is 2.14. The monoisotopic (exact) mass is 332 g/mol. The van der Waals surface area contributed by atoms with Crippen LogP contribution in [0, 0.1) is 0 Å². The van der Waals surface area contributed by atoms with Gasteiger partial charge in [0, 0.05) is 24.3 Å². The zero-order valence-corrected chi connectivity index (χ0v) is 13.4. The minimum atomic E-state index is -0.675. The lowest BCUT2D eigenvalue weighted by Gasteiger charge is -2.17. The molecule has 2 aromatic rings. The molecule has 0 unspecified atom stereocenters. The predicted octanol–water partition coefficient (Wildman–Crippen LogP) is 2.74. The average Bonchev–Trinajstić information content (AvgIpc) is 2.55. The summed E-state index contributed by atoms with van der Waals surface area (Å²) in [5.74, 6) is -0.978. The molecule has 5 nitrogen and oxygen atoms in total. The summed E-state index contributed by atoms with van der Waals surface area (Å²) >= 11 is 5.83. The summed E-state index contributed by atoms with van der Waals surface area (Å²) in [4.78, 5) is 25.5. The van der Waals surface area contributed by atoms with Crippen molar-refractivity contribution in [3.63, 3.8) is 0 Å². The normalized spacial score (nSPS) is 10.2. The SMILES string of the molecule is CN(Cc1ccccc1)C(=O)COC(=O)c1cc(Cl)ccc1N.